The number of nitrogens with one attached hydrogen (secondary N) is 1. The minimum atomic E-state index is -0.0749. The molecule has 2 aromatic rings. The average Bonchev–Trinajstić information content (AvgIpc) is 3.02. The largest absolute Gasteiger partial charge is 0.352 e. The van der Waals surface area contributed by atoms with E-state index < -0.39 is 0 Å². The van der Waals surface area contributed by atoms with E-state index in [9.17, 15) is 10.1 Å². The highest BCUT2D eigenvalue weighted by molar-refractivity contribution is 5.74. The van der Waals surface area contributed by atoms with Gasteiger partial charge in [-0.25, -0.2) is 0 Å². The van der Waals surface area contributed by atoms with E-state index in [1.165, 1.54) is 6.92 Å². The molecule has 0 radical (unpaired) electrons. The third kappa shape index (κ3) is 3.06. The summed E-state index contributed by atoms with van der Waals surface area (Å²) in [6, 6.07) is 13.6. The van der Waals surface area contributed by atoms with Gasteiger partial charge in [0.15, 0.2) is 6.19 Å². The molecule has 3 rings (SSSR count). The first-order valence-corrected chi connectivity index (χ1v) is 7.65. The maximum absolute atomic E-state index is 11.2. The number of hydrogen-bond acceptors (Lipinski definition) is 4. The van der Waals surface area contributed by atoms with Crippen LogP contribution in [0.1, 0.15) is 29.2 Å². The average molecular weight is 316 g/mol. The van der Waals surface area contributed by atoms with Crippen molar-refractivity contribution in [2.75, 3.05) is 0 Å². The first kappa shape index (κ1) is 15.6. The predicted molar refractivity (Wildman–Crippen MR) is 89.0 cm³/mol. The standard InChI is InChI=1S/C19H16N4O/c1-13(24)22-9-15-6-17-10-23(12-21)11-19(17)18(7-15)16-4-2-14(8-20)3-5-16/h2-7H,9-11H2,1H3,(H,22,24). The molecule has 24 heavy (non-hydrogen) atoms. The van der Waals surface area contributed by atoms with Crippen molar-refractivity contribution in [3.8, 4) is 23.4 Å². The number of fused-ring (bicyclic) bond motifs is 1. The van der Waals surface area contributed by atoms with Gasteiger partial charge in [0.1, 0.15) is 0 Å². The van der Waals surface area contributed by atoms with E-state index in [4.69, 9.17) is 5.26 Å². The normalized spacial score (nSPS) is 12.2. The number of carbonyl (C=O) groups is 1. The fraction of sp³-hybridized carbons (Fsp3) is 0.211. The Bertz CT molecular complexity index is 872. The SMILES string of the molecule is CC(=O)NCc1cc2c(c(-c3ccc(C#N)cc3)c1)CN(C#N)C2. The summed E-state index contributed by atoms with van der Waals surface area (Å²) in [6.07, 6.45) is 2.20. The zero-order valence-corrected chi connectivity index (χ0v) is 13.3. The summed E-state index contributed by atoms with van der Waals surface area (Å²) >= 11 is 0. The molecule has 0 unspecified atom stereocenters. The second-order valence-electron chi connectivity index (χ2n) is 5.84. The van der Waals surface area contributed by atoms with Crippen LogP contribution in [-0.4, -0.2) is 10.8 Å². The van der Waals surface area contributed by atoms with Crippen LogP contribution in [0.25, 0.3) is 11.1 Å². The van der Waals surface area contributed by atoms with Crippen LogP contribution in [-0.2, 0) is 24.4 Å². The molecule has 1 aliphatic heterocycles. The Kier molecular flexibility index (Phi) is 4.18. The topological polar surface area (TPSA) is 79.9 Å². The van der Waals surface area contributed by atoms with E-state index in [1.807, 2.05) is 12.1 Å². The fourth-order valence-corrected chi connectivity index (χ4v) is 2.96. The lowest BCUT2D eigenvalue weighted by Gasteiger charge is -2.12. The lowest BCUT2D eigenvalue weighted by atomic mass is 9.94. The molecule has 0 saturated heterocycles. The summed E-state index contributed by atoms with van der Waals surface area (Å²) in [5, 5.41) is 21.0. The van der Waals surface area contributed by atoms with Crippen LogP contribution in [0, 0.1) is 22.8 Å². The Balaban J connectivity index is 2.04. The van der Waals surface area contributed by atoms with Gasteiger partial charge in [0, 0.05) is 13.5 Å². The van der Waals surface area contributed by atoms with E-state index in [0.717, 1.165) is 27.8 Å². The Morgan fingerprint density at radius 3 is 2.58 bits per heavy atom. The van der Waals surface area contributed by atoms with Gasteiger partial charge in [-0.2, -0.15) is 10.5 Å². The molecule has 0 atom stereocenters. The second-order valence-corrected chi connectivity index (χ2v) is 5.84. The molecule has 0 spiro atoms. The molecule has 5 heteroatoms. The van der Waals surface area contributed by atoms with Crippen molar-refractivity contribution in [1.29, 1.82) is 10.5 Å². The molecule has 1 heterocycles. The minimum Gasteiger partial charge on any atom is -0.352 e. The third-order valence-electron chi connectivity index (χ3n) is 4.12. The molecule has 5 nitrogen and oxygen atoms in total. The number of carbonyl (C=O) groups excluding carboxylic acids is 1. The van der Waals surface area contributed by atoms with Gasteiger partial charge in [0.25, 0.3) is 0 Å². The minimum absolute atomic E-state index is 0.0749. The van der Waals surface area contributed by atoms with Gasteiger partial charge in [-0.05, 0) is 46.0 Å². The van der Waals surface area contributed by atoms with Crippen molar-refractivity contribution in [2.45, 2.75) is 26.6 Å². The lowest BCUT2D eigenvalue weighted by Crippen LogP contribution is -2.19. The molecule has 118 valence electrons. The van der Waals surface area contributed by atoms with E-state index in [-0.39, 0.29) is 5.91 Å². The number of amides is 1. The molecule has 0 aliphatic carbocycles. The van der Waals surface area contributed by atoms with Gasteiger partial charge in [-0.15, -0.1) is 0 Å². The maximum atomic E-state index is 11.2. The second kappa shape index (κ2) is 6.44. The van der Waals surface area contributed by atoms with E-state index in [2.05, 4.69) is 29.7 Å². The monoisotopic (exact) mass is 316 g/mol. The highest BCUT2D eigenvalue weighted by Gasteiger charge is 2.22. The number of nitrogens with zero attached hydrogens (tertiary/aromatic N) is 3. The Morgan fingerprint density at radius 1 is 1.21 bits per heavy atom. The zero-order valence-electron chi connectivity index (χ0n) is 13.3. The first-order valence-electron chi connectivity index (χ1n) is 7.65. The van der Waals surface area contributed by atoms with Crippen LogP contribution in [0.3, 0.4) is 0 Å². The van der Waals surface area contributed by atoms with Gasteiger partial charge in [-0.1, -0.05) is 18.2 Å². The highest BCUT2D eigenvalue weighted by atomic mass is 16.1. The van der Waals surface area contributed by atoms with Crippen LogP contribution < -0.4 is 5.32 Å². The van der Waals surface area contributed by atoms with E-state index >= 15 is 0 Å². The molecule has 1 aliphatic rings. The van der Waals surface area contributed by atoms with Gasteiger partial charge in [-0.3, -0.25) is 4.79 Å². The molecule has 0 saturated carbocycles. The van der Waals surface area contributed by atoms with Crippen LogP contribution in [0.2, 0.25) is 0 Å². The zero-order chi connectivity index (χ0) is 17.1. The molecule has 0 bridgehead atoms. The lowest BCUT2D eigenvalue weighted by molar-refractivity contribution is -0.119. The third-order valence-corrected chi connectivity index (χ3v) is 4.12. The van der Waals surface area contributed by atoms with Crippen molar-refractivity contribution in [3.05, 3.63) is 58.7 Å². The summed E-state index contributed by atoms with van der Waals surface area (Å²) in [7, 11) is 0. The number of hydrogen-bond donors (Lipinski definition) is 1. The van der Waals surface area contributed by atoms with Gasteiger partial charge in [0.05, 0.1) is 24.7 Å². The smallest absolute Gasteiger partial charge is 0.217 e. The molecule has 2 aromatic carbocycles. The fourth-order valence-electron chi connectivity index (χ4n) is 2.96. The Hall–Kier alpha value is -3.31. The summed E-state index contributed by atoms with van der Waals surface area (Å²) in [4.78, 5) is 12.9. The van der Waals surface area contributed by atoms with Crippen molar-refractivity contribution >= 4 is 5.91 Å². The quantitative estimate of drug-likeness (QED) is 0.883. The molecular formula is C19H16N4O. The molecular weight excluding hydrogens is 300 g/mol. The Labute approximate surface area is 140 Å². The van der Waals surface area contributed by atoms with Crippen molar-refractivity contribution in [2.24, 2.45) is 0 Å². The van der Waals surface area contributed by atoms with E-state index in [1.54, 1.807) is 17.0 Å². The van der Waals surface area contributed by atoms with Crippen molar-refractivity contribution in [3.63, 3.8) is 0 Å². The molecule has 1 N–H and O–H groups in total. The number of rotatable bonds is 3. The number of nitriles is 2. The molecule has 0 aromatic heterocycles. The maximum Gasteiger partial charge on any atom is 0.217 e. The molecule has 1 amide bonds. The summed E-state index contributed by atoms with van der Waals surface area (Å²) in [5.41, 5.74) is 5.92. The summed E-state index contributed by atoms with van der Waals surface area (Å²) in [6.45, 7) is 3.12. The predicted octanol–water partition coefficient (Wildman–Crippen LogP) is 2.66. The van der Waals surface area contributed by atoms with Crippen LogP contribution in [0.5, 0.6) is 0 Å². The summed E-state index contributed by atoms with van der Waals surface area (Å²) < 4.78 is 0. The highest BCUT2D eigenvalue weighted by Crippen LogP contribution is 2.34. The molecule has 0 fully saturated rings. The first-order chi connectivity index (χ1) is 11.6. The van der Waals surface area contributed by atoms with Crippen LogP contribution in [0.4, 0.5) is 0 Å². The van der Waals surface area contributed by atoms with Gasteiger partial charge < -0.3 is 10.2 Å². The van der Waals surface area contributed by atoms with Gasteiger partial charge in [0.2, 0.25) is 5.91 Å². The van der Waals surface area contributed by atoms with Crippen LogP contribution in [0.15, 0.2) is 36.4 Å². The Morgan fingerprint density at radius 2 is 1.96 bits per heavy atom. The van der Waals surface area contributed by atoms with Crippen LogP contribution >= 0.6 is 0 Å². The van der Waals surface area contributed by atoms with Crippen molar-refractivity contribution < 1.29 is 4.79 Å². The van der Waals surface area contributed by atoms with Crippen molar-refractivity contribution in [1.82, 2.24) is 10.2 Å². The van der Waals surface area contributed by atoms with Gasteiger partial charge >= 0.3 is 0 Å². The summed E-state index contributed by atoms with van der Waals surface area (Å²) in [5.74, 6) is -0.0749. The van der Waals surface area contributed by atoms with E-state index in [0.29, 0.717) is 25.2 Å². The number of benzene rings is 2.